The molecule has 5 rings (SSSR count). The van der Waals surface area contributed by atoms with Crippen molar-refractivity contribution < 1.29 is 24.5 Å². The molecule has 2 N–H and O–H groups in total. The Balaban J connectivity index is 1.59. The molecule has 11 heteroatoms. The summed E-state index contributed by atoms with van der Waals surface area (Å²) >= 11 is 8.60. The van der Waals surface area contributed by atoms with Crippen molar-refractivity contribution in [1.82, 2.24) is 10.2 Å². The molecule has 4 aromatic rings. The normalized spacial score (nSPS) is 16.4. The standard InChI is InChI=1S/C30H26ClN3O5S2/c1-4-39-23-14-19(9-12-22(23)35)25-24(26(36)21-13-16(2)5-6-17(21)3)27(37)28(38)34(25)29-32-33-30(41-29)40-15-18-7-10-20(31)11-8-18/h5-14,25,35-36H,4,15H2,1-3H3/b26-24+. The van der Waals surface area contributed by atoms with Gasteiger partial charge in [0.1, 0.15) is 5.76 Å². The smallest absolute Gasteiger partial charge is 0.301 e. The largest absolute Gasteiger partial charge is 0.507 e. The van der Waals surface area contributed by atoms with Gasteiger partial charge in [0.05, 0.1) is 18.2 Å². The highest BCUT2D eigenvalue weighted by molar-refractivity contribution is 8.00. The second kappa shape index (κ2) is 11.9. The van der Waals surface area contributed by atoms with E-state index in [9.17, 15) is 19.8 Å². The van der Waals surface area contributed by atoms with Crippen LogP contribution < -0.4 is 9.64 Å². The van der Waals surface area contributed by atoms with Crippen molar-refractivity contribution in [2.75, 3.05) is 11.5 Å². The second-order valence-electron chi connectivity index (χ2n) is 9.41. The maximum Gasteiger partial charge on any atom is 0.301 e. The molecule has 1 aromatic heterocycles. The van der Waals surface area contributed by atoms with Gasteiger partial charge in [0.2, 0.25) is 5.13 Å². The summed E-state index contributed by atoms with van der Waals surface area (Å²) in [4.78, 5) is 28.4. The fourth-order valence-corrected chi connectivity index (χ4v) is 6.49. The number of phenolic OH excluding ortho intramolecular Hbond substituents is 1. The average molecular weight is 608 g/mol. The van der Waals surface area contributed by atoms with Crippen LogP contribution in [0.5, 0.6) is 11.5 Å². The van der Waals surface area contributed by atoms with E-state index in [1.54, 1.807) is 25.1 Å². The van der Waals surface area contributed by atoms with E-state index in [4.69, 9.17) is 16.3 Å². The lowest BCUT2D eigenvalue weighted by atomic mass is 9.93. The van der Waals surface area contributed by atoms with E-state index in [-0.39, 0.29) is 28.0 Å². The number of halogens is 1. The number of aromatic hydroxyl groups is 1. The number of Topliss-reactive ketones (excluding diaryl/α,β-unsaturated/α-hetero) is 1. The van der Waals surface area contributed by atoms with E-state index in [1.807, 2.05) is 50.2 Å². The number of hydrogen-bond donors (Lipinski definition) is 2. The maximum absolute atomic E-state index is 13.6. The third-order valence-electron chi connectivity index (χ3n) is 6.57. The second-order valence-corrected chi connectivity index (χ2v) is 12.0. The molecule has 1 saturated heterocycles. The number of nitrogens with zero attached hydrogens (tertiary/aromatic N) is 3. The van der Waals surface area contributed by atoms with Crippen LogP contribution in [0.2, 0.25) is 5.02 Å². The van der Waals surface area contributed by atoms with Crippen LogP contribution in [0.15, 0.2) is 70.6 Å². The predicted molar refractivity (Wildman–Crippen MR) is 161 cm³/mol. The summed E-state index contributed by atoms with van der Waals surface area (Å²) in [6.45, 7) is 5.78. The first-order valence-electron chi connectivity index (χ1n) is 12.7. The van der Waals surface area contributed by atoms with Gasteiger partial charge in [-0.25, -0.2) is 0 Å². The number of thioether (sulfide) groups is 1. The number of ketones is 1. The van der Waals surface area contributed by atoms with Crippen LogP contribution >= 0.6 is 34.7 Å². The molecule has 1 amide bonds. The van der Waals surface area contributed by atoms with Crippen molar-refractivity contribution in [3.05, 3.63) is 99.1 Å². The number of carbonyl (C=O) groups excluding carboxylic acids is 2. The SMILES string of the molecule is CCOc1cc(C2/C(=C(\O)c3cc(C)ccc3C)C(=O)C(=O)N2c2nnc(SCc3ccc(Cl)cc3)s2)ccc1O. The highest BCUT2D eigenvalue weighted by Gasteiger charge is 2.48. The molecule has 0 saturated carbocycles. The number of aliphatic hydroxyl groups is 1. The van der Waals surface area contributed by atoms with Gasteiger partial charge in [-0.05, 0) is 67.8 Å². The molecule has 0 aliphatic carbocycles. The fraction of sp³-hybridized carbons (Fsp3) is 0.200. The van der Waals surface area contributed by atoms with Crippen molar-refractivity contribution in [1.29, 1.82) is 0 Å². The molecule has 1 atom stereocenters. The van der Waals surface area contributed by atoms with E-state index >= 15 is 0 Å². The van der Waals surface area contributed by atoms with Crippen molar-refractivity contribution in [2.24, 2.45) is 0 Å². The summed E-state index contributed by atoms with van der Waals surface area (Å²) < 4.78 is 6.18. The Labute approximate surface area is 250 Å². The van der Waals surface area contributed by atoms with Crippen LogP contribution in [0.3, 0.4) is 0 Å². The minimum Gasteiger partial charge on any atom is -0.507 e. The van der Waals surface area contributed by atoms with Crippen molar-refractivity contribution in [3.8, 4) is 11.5 Å². The Hall–Kier alpha value is -3.86. The van der Waals surface area contributed by atoms with Gasteiger partial charge < -0.3 is 14.9 Å². The average Bonchev–Trinajstić information content (AvgIpc) is 3.52. The number of aromatic nitrogens is 2. The van der Waals surface area contributed by atoms with E-state index in [0.29, 0.717) is 32.8 Å². The Morgan fingerprint density at radius 2 is 1.83 bits per heavy atom. The van der Waals surface area contributed by atoms with Crippen LogP contribution in [0, 0.1) is 13.8 Å². The lowest BCUT2D eigenvalue weighted by molar-refractivity contribution is -0.132. The molecule has 2 heterocycles. The zero-order valence-corrected chi connectivity index (χ0v) is 24.8. The zero-order chi connectivity index (χ0) is 29.3. The Morgan fingerprint density at radius 1 is 1.07 bits per heavy atom. The minimum absolute atomic E-state index is 0.0811. The number of amides is 1. The van der Waals surface area contributed by atoms with E-state index in [1.165, 1.54) is 34.1 Å². The van der Waals surface area contributed by atoms with Crippen LogP contribution in [-0.2, 0) is 15.3 Å². The number of rotatable bonds is 8. The molecule has 3 aromatic carbocycles. The van der Waals surface area contributed by atoms with Crippen molar-refractivity contribution in [3.63, 3.8) is 0 Å². The van der Waals surface area contributed by atoms with Gasteiger partial charge >= 0.3 is 5.91 Å². The molecular weight excluding hydrogens is 582 g/mol. The number of aliphatic hydroxyl groups excluding tert-OH is 1. The summed E-state index contributed by atoms with van der Waals surface area (Å²) in [6.07, 6.45) is 0. The summed E-state index contributed by atoms with van der Waals surface area (Å²) in [5.41, 5.74) is 3.50. The quantitative estimate of drug-likeness (QED) is 0.0737. The molecule has 0 spiro atoms. The number of hydrogen-bond acceptors (Lipinski definition) is 9. The molecule has 0 radical (unpaired) electrons. The molecule has 1 unspecified atom stereocenters. The van der Waals surface area contributed by atoms with Gasteiger partial charge in [0.25, 0.3) is 5.78 Å². The van der Waals surface area contributed by atoms with Gasteiger partial charge in [-0.1, -0.05) is 70.6 Å². The van der Waals surface area contributed by atoms with Crippen LogP contribution in [0.25, 0.3) is 5.76 Å². The van der Waals surface area contributed by atoms with Gasteiger partial charge in [-0.15, -0.1) is 10.2 Å². The number of benzene rings is 3. The fourth-order valence-electron chi connectivity index (χ4n) is 4.54. The number of anilines is 1. The Kier molecular flexibility index (Phi) is 8.35. The van der Waals surface area contributed by atoms with Gasteiger partial charge in [0, 0.05) is 16.3 Å². The van der Waals surface area contributed by atoms with Crippen molar-refractivity contribution >= 4 is 57.3 Å². The van der Waals surface area contributed by atoms with Gasteiger partial charge in [0.15, 0.2) is 15.8 Å². The third-order valence-corrected chi connectivity index (χ3v) is 8.95. The highest BCUT2D eigenvalue weighted by atomic mass is 35.5. The molecule has 1 aliphatic rings. The Morgan fingerprint density at radius 3 is 2.56 bits per heavy atom. The van der Waals surface area contributed by atoms with Crippen molar-refractivity contribution in [2.45, 2.75) is 36.9 Å². The number of ether oxygens (including phenoxy) is 1. The molecular formula is C30H26ClN3O5S2. The van der Waals surface area contributed by atoms with Crippen LogP contribution in [-0.4, -0.2) is 38.7 Å². The van der Waals surface area contributed by atoms with E-state index in [0.717, 1.165) is 16.7 Å². The van der Waals surface area contributed by atoms with Crippen LogP contribution in [0.1, 0.15) is 40.8 Å². The predicted octanol–water partition coefficient (Wildman–Crippen LogP) is 6.83. The van der Waals surface area contributed by atoms with E-state index < -0.39 is 17.7 Å². The lowest BCUT2D eigenvalue weighted by Gasteiger charge is -2.23. The molecule has 1 fully saturated rings. The first-order chi connectivity index (χ1) is 19.7. The molecule has 1 aliphatic heterocycles. The summed E-state index contributed by atoms with van der Waals surface area (Å²) in [7, 11) is 0. The van der Waals surface area contributed by atoms with Gasteiger partial charge in [-0.3, -0.25) is 14.5 Å². The summed E-state index contributed by atoms with van der Waals surface area (Å²) in [5, 5.41) is 31.2. The highest BCUT2D eigenvalue weighted by Crippen LogP contribution is 2.45. The molecule has 0 bridgehead atoms. The first kappa shape index (κ1) is 28.7. The van der Waals surface area contributed by atoms with Crippen LogP contribution in [0.4, 0.5) is 5.13 Å². The number of aryl methyl sites for hydroxylation is 2. The lowest BCUT2D eigenvalue weighted by Crippen LogP contribution is -2.29. The summed E-state index contributed by atoms with van der Waals surface area (Å²) in [6, 6.07) is 16.5. The Bertz CT molecular complexity index is 1670. The molecule has 41 heavy (non-hydrogen) atoms. The first-order valence-corrected chi connectivity index (χ1v) is 14.9. The van der Waals surface area contributed by atoms with E-state index in [2.05, 4.69) is 10.2 Å². The maximum atomic E-state index is 13.6. The third kappa shape index (κ3) is 5.81. The number of phenols is 1. The minimum atomic E-state index is -1.03. The topological polar surface area (TPSA) is 113 Å². The summed E-state index contributed by atoms with van der Waals surface area (Å²) in [5.74, 6) is -1.25. The molecule has 210 valence electrons. The zero-order valence-electron chi connectivity index (χ0n) is 22.4. The molecule has 8 nitrogen and oxygen atoms in total. The van der Waals surface area contributed by atoms with Gasteiger partial charge in [-0.2, -0.15) is 0 Å². The monoisotopic (exact) mass is 607 g/mol. The number of carbonyl (C=O) groups is 2.